The molecule has 0 amide bonds. The van der Waals surface area contributed by atoms with Crippen molar-refractivity contribution in [3.05, 3.63) is 0 Å². The molecule has 0 aliphatic heterocycles. The fraction of sp³-hybridized carbons (Fsp3) is 1.00. The summed E-state index contributed by atoms with van der Waals surface area (Å²) in [5, 5.41) is 0. The second-order valence-corrected chi connectivity index (χ2v) is 8.42. The molecule has 0 rings (SSSR count). The van der Waals surface area contributed by atoms with Crippen molar-refractivity contribution in [1.29, 1.82) is 0 Å². The third kappa shape index (κ3) is 18.1. The van der Waals surface area contributed by atoms with Gasteiger partial charge in [0.2, 0.25) is 0 Å². The Bertz CT molecular complexity index is 216. The SMILES string of the molecule is CC(C)CCCCOCC(COCCCCC(C)C)CC(C)C. The van der Waals surface area contributed by atoms with E-state index in [0.717, 1.165) is 38.3 Å². The summed E-state index contributed by atoms with van der Waals surface area (Å²) in [4.78, 5) is 0. The summed E-state index contributed by atoms with van der Waals surface area (Å²) < 4.78 is 11.8. The smallest absolute Gasteiger partial charge is 0.0516 e. The van der Waals surface area contributed by atoms with E-state index in [-0.39, 0.29) is 0 Å². The van der Waals surface area contributed by atoms with Gasteiger partial charge in [-0.05, 0) is 37.0 Å². The molecule has 23 heavy (non-hydrogen) atoms. The average molecular weight is 329 g/mol. The van der Waals surface area contributed by atoms with E-state index in [9.17, 15) is 0 Å². The van der Waals surface area contributed by atoms with Gasteiger partial charge in [0.25, 0.3) is 0 Å². The average Bonchev–Trinajstić information content (AvgIpc) is 2.44. The van der Waals surface area contributed by atoms with Gasteiger partial charge in [-0.15, -0.1) is 0 Å². The highest BCUT2D eigenvalue weighted by atomic mass is 16.5. The van der Waals surface area contributed by atoms with Gasteiger partial charge in [0.05, 0.1) is 13.2 Å². The largest absolute Gasteiger partial charge is 0.381 e. The molecule has 0 aromatic carbocycles. The number of hydrogen-bond donors (Lipinski definition) is 0. The fourth-order valence-electron chi connectivity index (χ4n) is 2.86. The van der Waals surface area contributed by atoms with Gasteiger partial charge in [0.15, 0.2) is 0 Å². The molecule has 0 heterocycles. The van der Waals surface area contributed by atoms with Crippen molar-refractivity contribution in [2.75, 3.05) is 26.4 Å². The molecule has 0 N–H and O–H groups in total. The van der Waals surface area contributed by atoms with E-state index in [1.807, 2.05) is 0 Å². The zero-order valence-electron chi connectivity index (χ0n) is 16.9. The molecule has 0 aliphatic carbocycles. The lowest BCUT2D eigenvalue weighted by Gasteiger charge is -2.19. The van der Waals surface area contributed by atoms with Crippen LogP contribution in [0.1, 0.15) is 86.5 Å². The van der Waals surface area contributed by atoms with Gasteiger partial charge in [-0.2, -0.15) is 0 Å². The second-order valence-electron chi connectivity index (χ2n) is 8.42. The minimum atomic E-state index is 0.560. The van der Waals surface area contributed by atoms with Gasteiger partial charge in [-0.3, -0.25) is 0 Å². The van der Waals surface area contributed by atoms with E-state index >= 15 is 0 Å². The molecule has 140 valence electrons. The van der Waals surface area contributed by atoms with Crippen LogP contribution in [0.4, 0.5) is 0 Å². The quantitative estimate of drug-likeness (QED) is 0.308. The minimum absolute atomic E-state index is 0.560. The fourth-order valence-corrected chi connectivity index (χ4v) is 2.86. The number of rotatable bonds is 16. The molecule has 0 fully saturated rings. The Hall–Kier alpha value is -0.0800. The first-order valence-electron chi connectivity index (χ1n) is 10.1. The third-order valence-corrected chi connectivity index (χ3v) is 4.15. The van der Waals surface area contributed by atoms with E-state index in [1.54, 1.807) is 0 Å². The van der Waals surface area contributed by atoms with Crippen LogP contribution >= 0.6 is 0 Å². The molecule has 0 aromatic heterocycles. The number of hydrogen-bond acceptors (Lipinski definition) is 2. The summed E-state index contributed by atoms with van der Waals surface area (Å²) in [6.07, 6.45) is 8.82. The van der Waals surface area contributed by atoms with Crippen molar-refractivity contribution in [2.24, 2.45) is 23.7 Å². The molecule has 0 saturated carbocycles. The number of ether oxygens (including phenoxy) is 2. The molecule has 2 nitrogen and oxygen atoms in total. The molecular weight excluding hydrogens is 284 g/mol. The lowest BCUT2D eigenvalue weighted by molar-refractivity contribution is 0.0289. The zero-order valence-corrected chi connectivity index (χ0v) is 16.9. The van der Waals surface area contributed by atoms with Crippen molar-refractivity contribution in [2.45, 2.75) is 86.5 Å². The highest BCUT2D eigenvalue weighted by Gasteiger charge is 2.12. The van der Waals surface area contributed by atoms with Crippen LogP contribution in [-0.2, 0) is 9.47 Å². The van der Waals surface area contributed by atoms with Crippen LogP contribution in [0.25, 0.3) is 0 Å². The Labute approximate surface area is 146 Å². The number of unbranched alkanes of at least 4 members (excludes halogenated alkanes) is 2. The van der Waals surface area contributed by atoms with E-state index in [4.69, 9.17) is 9.47 Å². The Balaban J connectivity index is 3.68. The summed E-state index contributed by atoms with van der Waals surface area (Å²) in [5.74, 6) is 2.90. The topological polar surface area (TPSA) is 18.5 Å². The maximum Gasteiger partial charge on any atom is 0.0516 e. The molecule has 0 unspecified atom stereocenters. The molecular formula is C21H44O2. The molecule has 0 spiro atoms. The van der Waals surface area contributed by atoms with E-state index < -0.39 is 0 Å². The van der Waals surface area contributed by atoms with Gasteiger partial charge < -0.3 is 9.47 Å². The predicted molar refractivity (Wildman–Crippen MR) is 102 cm³/mol. The third-order valence-electron chi connectivity index (χ3n) is 4.15. The Morgan fingerprint density at radius 2 is 1.00 bits per heavy atom. The Morgan fingerprint density at radius 1 is 0.565 bits per heavy atom. The van der Waals surface area contributed by atoms with Gasteiger partial charge >= 0.3 is 0 Å². The van der Waals surface area contributed by atoms with Crippen LogP contribution in [0.5, 0.6) is 0 Å². The maximum absolute atomic E-state index is 5.91. The van der Waals surface area contributed by atoms with Crippen molar-refractivity contribution < 1.29 is 9.47 Å². The monoisotopic (exact) mass is 328 g/mol. The van der Waals surface area contributed by atoms with Gasteiger partial charge in [0.1, 0.15) is 0 Å². The Morgan fingerprint density at radius 3 is 1.35 bits per heavy atom. The molecule has 0 aliphatic rings. The van der Waals surface area contributed by atoms with Crippen molar-refractivity contribution in [3.8, 4) is 0 Å². The normalized spacial score (nSPS) is 12.3. The van der Waals surface area contributed by atoms with Crippen LogP contribution in [0.2, 0.25) is 0 Å². The first kappa shape index (κ1) is 22.9. The summed E-state index contributed by atoms with van der Waals surface area (Å²) in [6.45, 7) is 17.3. The van der Waals surface area contributed by atoms with Crippen LogP contribution in [0.15, 0.2) is 0 Å². The molecule has 0 bridgehead atoms. The van der Waals surface area contributed by atoms with Gasteiger partial charge in [-0.1, -0.05) is 67.2 Å². The Kier molecular flexibility index (Phi) is 15.4. The van der Waals surface area contributed by atoms with Crippen LogP contribution in [-0.4, -0.2) is 26.4 Å². The summed E-state index contributed by atoms with van der Waals surface area (Å²) >= 11 is 0. The zero-order chi connectivity index (χ0) is 17.5. The lowest BCUT2D eigenvalue weighted by Crippen LogP contribution is -2.19. The summed E-state index contributed by atoms with van der Waals surface area (Å²) in [5.41, 5.74) is 0. The second kappa shape index (κ2) is 15.4. The van der Waals surface area contributed by atoms with Gasteiger partial charge in [-0.25, -0.2) is 0 Å². The molecule has 0 radical (unpaired) electrons. The van der Waals surface area contributed by atoms with Crippen LogP contribution < -0.4 is 0 Å². The first-order valence-corrected chi connectivity index (χ1v) is 10.1. The van der Waals surface area contributed by atoms with Crippen molar-refractivity contribution in [1.82, 2.24) is 0 Å². The van der Waals surface area contributed by atoms with Crippen molar-refractivity contribution in [3.63, 3.8) is 0 Å². The molecule has 0 aromatic rings. The van der Waals surface area contributed by atoms with Crippen LogP contribution in [0.3, 0.4) is 0 Å². The van der Waals surface area contributed by atoms with Crippen molar-refractivity contribution >= 4 is 0 Å². The minimum Gasteiger partial charge on any atom is -0.381 e. The van der Waals surface area contributed by atoms with Crippen LogP contribution in [0, 0.1) is 23.7 Å². The maximum atomic E-state index is 5.91. The first-order chi connectivity index (χ1) is 10.9. The molecule has 0 atom stereocenters. The van der Waals surface area contributed by atoms with E-state index in [1.165, 1.54) is 44.9 Å². The summed E-state index contributed by atoms with van der Waals surface area (Å²) in [7, 11) is 0. The predicted octanol–water partition coefficient (Wildman–Crippen LogP) is 6.33. The molecule has 0 saturated heterocycles. The highest BCUT2D eigenvalue weighted by Crippen LogP contribution is 2.14. The molecule has 2 heteroatoms. The standard InChI is InChI=1S/C21H44O2/c1-18(2)11-7-9-13-22-16-21(15-20(5)6)17-23-14-10-8-12-19(3)4/h18-21H,7-17H2,1-6H3. The van der Waals surface area contributed by atoms with E-state index in [0.29, 0.717) is 11.8 Å². The van der Waals surface area contributed by atoms with E-state index in [2.05, 4.69) is 41.5 Å². The highest BCUT2D eigenvalue weighted by molar-refractivity contribution is 4.61. The lowest BCUT2D eigenvalue weighted by atomic mass is 9.98. The van der Waals surface area contributed by atoms with Gasteiger partial charge in [0, 0.05) is 19.1 Å². The summed E-state index contributed by atoms with van der Waals surface area (Å²) in [6, 6.07) is 0.